The maximum Gasteiger partial charge on any atom is 0.302 e. The molecule has 7 atom stereocenters. The first-order valence-corrected chi connectivity index (χ1v) is 9.81. The van der Waals surface area contributed by atoms with Gasteiger partial charge in [-0.25, -0.2) is 4.39 Å². The van der Waals surface area contributed by atoms with Crippen LogP contribution in [0, 0.1) is 28.6 Å². The summed E-state index contributed by atoms with van der Waals surface area (Å²) in [4.78, 5) is 23.7. The van der Waals surface area contributed by atoms with Crippen LogP contribution >= 0.6 is 0 Å². The molecule has 0 bridgehead atoms. The highest BCUT2D eigenvalue weighted by Gasteiger charge is 2.61. The van der Waals surface area contributed by atoms with Gasteiger partial charge in [0, 0.05) is 31.1 Å². The topological polar surface area (TPSA) is 43.4 Å². The van der Waals surface area contributed by atoms with Crippen LogP contribution in [0.2, 0.25) is 0 Å². The molecule has 4 aliphatic carbocycles. The van der Waals surface area contributed by atoms with E-state index in [0.29, 0.717) is 24.5 Å². The molecule has 4 rings (SSSR count). The first-order chi connectivity index (χ1) is 11.8. The molecule has 3 fully saturated rings. The number of carbonyl (C=O) groups excluding carboxylic acids is 2. The molecule has 0 aromatic carbocycles. The fourth-order valence-corrected chi connectivity index (χ4v) is 6.68. The van der Waals surface area contributed by atoms with E-state index in [-0.39, 0.29) is 34.7 Å². The Morgan fingerprint density at radius 2 is 1.84 bits per heavy atom. The zero-order valence-corrected chi connectivity index (χ0v) is 15.5. The number of Topliss-reactive ketones (excluding diaryl/α,β-unsaturated/α-hetero) is 1. The molecule has 0 aromatic rings. The van der Waals surface area contributed by atoms with Crippen molar-refractivity contribution in [2.24, 2.45) is 28.6 Å². The number of ether oxygens (including phenoxy) is 1. The second-order valence-corrected chi connectivity index (χ2v) is 9.24. The Labute approximate surface area is 149 Å². The summed E-state index contributed by atoms with van der Waals surface area (Å²) in [6.45, 7) is 5.80. The summed E-state index contributed by atoms with van der Waals surface area (Å²) in [5, 5.41) is 0. The number of ketones is 1. The molecule has 138 valence electrons. The lowest BCUT2D eigenvalue weighted by Gasteiger charge is -2.57. The molecule has 0 N–H and O–H groups in total. The number of alkyl halides is 1. The molecule has 0 radical (unpaired) electrons. The molecule has 25 heavy (non-hydrogen) atoms. The van der Waals surface area contributed by atoms with Gasteiger partial charge in [-0.05, 0) is 49.4 Å². The summed E-state index contributed by atoms with van der Waals surface area (Å²) in [5.74, 6) is 0.572. The third-order valence-corrected chi connectivity index (χ3v) is 8.09. The van der Waals surface area contributed by atoms with Gasteiger partial charge in [0.05, 0.1) is 0 Å². The number of carbonyl (C=O) groups is 2. The van der Waals surface area contributed by atoms with Crippen molar-refractivity contribution in [1.82, 2.24) is 0 Å². The minimum atomic E-state index is -0.973. The highest BCUT2D eigenvalue weighted by molar-refractivity contribution is 5.87. The average Bonchev–Trinajstić information content (AvgIpc) is 2.84. The third-order valence-electron chi connectivity index (χ3n) is 8.09. The highest BCUT2D eigenvalue weighted by atomic mass is 19.1. The van der Waals surface area contributed by atoms with Gasteiger partial charge in [-0.15, -0.1) is 0 Å². The van der Waals surface area contributed by atoms with Crippen LogP contribution in [0.25, 0.3) is 0 Å². The monoisotopic (exact) mass is 348 g/mol. The van der Waals surface area contributed by atoms with E-state index >= 15 is 4.39 Å². The number of halogens is 1. The molecule has 4 aliphatic rings. The number of hydrogen-bond acceptors (Lipinski definition) is 3. The molecule has 0 saturated heterocycles. The normalized spacial score (nSPS) is 48.9. The minimum absolute atomic E-state index is 0.00310. The zero-order chi connectivity index (χ0) is 18.0. The van der Waals surface area contributed by atoms with Gasteiger partial charge < -0.3 is 4.74 Å². The Morgan fingerprint density at radius 3 is 2.56 bits per heavy atom. The average molecular weight is 348 g/mol. The van der Waals surface area contributed by atoms with Gasteiger partial charge in [0.1, 0.15) is 18.1 Å². The second kappa shape index (κ2) is 5.65. The van der Waals surface area contributed by atoms with E-state index < -0.39 is 6.17 Å². The molecular formula is C21H29FO3. The summed E-state index contributed by atoms with van der Waals surface area (Å²) in [5.41, 5.74) is 0.839. The predicted molar refractivity (Wildman–Crippen MR) is 92.5 cm³/mol. The largest absolute Gasteiger partial charge is 0.462 e. The molecule has 0 spiro atoms. The zero-order valence-electron chi connectivity index (χ0n) is 15.5. The molecule has 3 nitrogen and oxygen atoms in total. The van der Waals surface area contributed by atoms with E-state index in [0.717, 1.165) is 37.7 Å². The Hall–Kier alpha value is -1.19. The predicted octanol–water partition coefficient (Wildman–Crippen LogP) is 4.40. The van der Waals surface area contributed by atoms with Crippen LogP contribution in [0.5, 0.6) is 0 Å². The van der Waals surface area contributed by atoms with Gasteiger partial charge in [0.15, 0.2) is 0 Å². The van der Waals surface area contributed by atoms with Crippen LogP contribution in [-0.4, -0.2) is 24.0 Å². The van der Waals surface area contributed by atoms with Gasteiger partial charge in [-0.2, -0.15) is 0 Å². The van der Waals surface area contributed by atoms with Crippen LogP contribution in [0.15, 0.2) is 11.6 Å². The highest BCUT2D eigenvalue weighted by Crippen LogP contribution is 2.64. The number of fused-ring (bicyclic) bond motifs is 5. The quantitative estimate of drug-likeness (QED) is 0.521. The van der Waals surface area contributed by atoms with Crippen LogP contribution in [0.1, 0.15) is 65.7 Å². The van der Waals surface area contributed by atoms with E-state index in [1.54, 1.807) is 0 Å². The SMILES string of the molecule is CC(=O)O[C@H]1CC[C@@]2(C)C(=C[C@@H](F)[C@@H]3[C@@H]2CC[C@]2(C)C(=O)CC[C@@H]32)C1. The van der Waals surface area contributed by atoms with Crippen molar-refractivity contribution in [3.05, 3.63) is 11.6 Å². The van der Waals surface area contributed by atoms with Crippen molar-refractivity contribution in [3.63, 3.8) is 0 Å². The summed E-state index contributed by atoms with van der Waals surface area (Å²) in [7, 11) is 0. The van der Waals surface area contributed by atoms with Crippen molar-refractivity contribution in [3.8, 4) is 0 Å². The van der Waals surface area contributed by atoms with Crippen molar-refractivity contribution in [2.45, 2.75) is 78.0 Å². The maximum absolute atomic E-state index is 15.3. The number of rotatable bonds is 1. The molecule has 4 heteroatoms. The lowest BCUT2D eigenvalue weighted by molar-refractivity contribution is -0.149. The Balaban J connectivity index is 1.65. The fraction of sp³-hybridized carbons (Fsp3) is 0.810. The third kappa shape index (κ3) is 2.43. The number of hydrogen-bond donors (Lipinski definition) is 0. The second-order valence-electron chi connectivity index (χ2n) is 9.24. The first-order valence-electron chi connectivity index (χ1n) is 9.81. The lowest BCUT2D eigenvalue weighted by atomic mass is 9.47. The first kappa shape index (κ1) is 17.2. The van der Waals surface area contributed by atoms with Gasteiger partial charge in [0.2, 0.25) is 0 Å². The van der Waals surface area contributed by atoms with E-state index in [1.165, 1.54) is 6.92 Å². The van der Waals surface area contributed by atoms with Crippen LogP contribution in [0.3, 0.4) is 0 Å². The van der Waals surface area contributed by atoms with Crippen molar-refractivity contribution in [2.75, 3.05) is 0 Å². The van der Waals surface area contributed by atoms with E-state index in [9.17, 15) is 9.59 Å². The van der Waals surface area contributed by atoms with Gasteiger partial charge in [-0.3, -0.25) is 9.59 Å². The van der Waals surface area contributed by atoms with Crippen LogP contribution in [-0.2, 0) is 14.3 Å². The Morgan fingerprint density at radius 1 is 1.16 bits per heavy atom. The molecule has 0 aromatic heterocycles. The summed E-state index contributed by atoms with van der Waals surface area (Å²) >= 11 is 0. The molecular weight excluding hydrogens is 319 g/mol. The van der Waals surface area contributed by atoms with Gasteiger partial charge >= 0.3 is 5.97 Å². The van der Waals surface area contributed by atoms with Crippen molar-refractivity contribution in [1.29, 1.82) is 0 Å². The maximum atomic E-state index is 15.3. The van der Waals surface area contributed by atoms with E-state index in [1.807, 2.05) is 6.08 Å². The van der Waals surface area contributed by atoms with Crippen LogP contribution in [0.4, 0.5) is 4.39 Å². The summed E-state index contributed by atoms with van der Waals surface area (Å²) < 4.78 is 20.7. The Kier molecular flexibility index (Phi) is 3.90. The number of allylic oxidation sites excluding steroid dienone is 1. The van der Waals surface area contributed by atoms with E-state index in [4.69, 9.17) is 4.74 Å². The standard InChI is InChI=1S/C21H29FO3/c1-12(23)25-14-6-8-20(2)13(10-14)11-17(22)19-15-4-5-18(24)21(15,3)9-7-16(19)20/h11,14-17,19H,4-10H2,1-3H3/t14-,15-,16-,17+,19-,20-,21-/m0/s1. The van der Waals surface area contributed by atoms with Crippen molar-refractivity contribution < 1.29 is 18.7 Å². The van der Waals surface area contributed by atoms with E-state index in [2.05, 4.69) is 13.8 Å². The molecule has 0 amide bonds. The van der Waals surface area contributed by atoms with Gasteiger partial charge in [0.25, 0.3) is 0 Å². The number of esters is 1. The van der Waals surface area contributed by atoms with Gasteiger partial charge in [-0.1, -0.05) is 25.5 Å². The molecule has 3 saturated carbocycles. The molecule has 0 unspecified atom stereocenters. The molecule has 0 aliphatic heterocycles. The minimum Gasteiger partial charge on any atom is -0.462 e. The Bertz CT molecular complexity index is 641. The summed E-state index contributed by atoms with van der Waals surface area (Å²) in [6, 6.07) is 0. The van der Waals surface area contributed by atoms with Crippen LogP contribution < -0.4 is 0 Å². The molecule has 0 heterocycles. The van der Waals surface area contributed by atoms with Crippen molar-refractivity contribution >= 4 is 11.8 Å². The smallest absolute Gasteiger partial charge is 0.302 e. The summed E-state index contributed by atoms with van der Waals surface area (Å²) in [6.07, 6.45) is 6.53. The fourth-order valence-electron chi connectivity index (χ4n) is 6.68. The lowest BCUT2D eigenvalue weighted by Crippen LogP contribution is -2.54.